The van der Waals surface area contributed by atoms with E-state index in [0.29, 0.717) is 11.9 Å². The third-order valence-corrected chi connectivity index (χ3v) is 3.17. The molecule has 1 aliphatic heterocycles. The average molecular weight is 239 g/mol. The molecule has 1 aliphatic rings. The number of ether oxygens (including phenoxy) is 1. The lowest BCUT2D eigenvalue weighted by molar-refractivity contribution is 0.0602. The van der Waals surface area contributed by atoms with E-state index in [2.05, 4.69) is 17.0 Å². The minimum absolute atomic E-state index is 0.0182. The van der Waals surface area contributed by atoms with Crippen LogP contribution < -0.4 is 10.6 Å². The van der Waals surface area contributed by atoms with Crippen LogP contribution >= 0.6 is 0 Å². The van der Waals surface area contributed by atoms with Gasteiger partial charge in [-0.3, -0.25) is 0 Å². The second kappa shape index (κ2) is 4.65. The Morgan fingerprint density at radius 3 is 3.00 bits per heavy atom. The van der Waals surface area contributed by atoms with Crippen LogP contribution in [0, 0.1) is 0 Å². The van der Waals surface area contributed by atoms with E-state index >= 15 is 0 Å². The molecule has 1 aromatic heterocycles. The molecule has 6 heteroatoms. The minimum Gasteiger partial charge on any atom is -0.465 e. The quantitative estimate of drug-likeness (QED) is 0.786. The number of esters is 1. The predicted octanol–water partition coefficient (Wildman–Crippen LogP) is 1.42. The van der Waals surface area contributed by atoms with E-state index in [4.69, 9.17) is 15.0 Å². The van der Waals surface area contributed by atoms with Gasteiger partial charge in [-0.2, -0.15) is 0 Å². The van der Waals surface area contributed by atoms with E-state index in [-0.39, 0.29) is 11.4 Å². The Morgan fingerprint density at radius 1 is 1.59 bits per heavy atom. The van der Waals surface area contributed by atoms with Gasteiger partial charge in [-0.1, -0.05) is 5.16 Å². The molecule has 0 aromatic carbocycles. The number of nitrogens with two attached hydrogens (primary N) is 1. The van der Waals surface area contributed by atoms with Crippen molar-refractivity contribution in [3.8, 4) is 0 Å². The summed E-state index contributed by atoms with van der Waals surface area (Å²) in [5.74, 6) is 0.0164. The van der Waals surface area contributed by atoms with Crippen molar-refractivity contribution in [1.82, 2.24) is 5.16 Å². The summed E-state index contributed by atoms with van der Waals surface area (Å²) < 4.78 is 9.60. The van der Waals surface area contributed by atoms with Crippen LogP contribution in [0.2, 0.25) is 0 Å². The average Bonchev–Trinajstić information content (AvgIpc) is 2.71. The smallest absolute Gasteiger partial charge is 0.347 e. The maximum Gasteiger partial charge on any atom is 0.347 e. The number of nitrogen functional groups attached to an aromatic ring is 1. The topological polar surface area (TPSA) is 81.6 Å². The van der Waals surface area contributed by atoms with Crippen molar-refractivity contribution in [3.05, 3.63) is 5.56 Å². The summed E-state index contributed by atoms with van der Waals surface area (Å²) in [6.07, 6.45) is 3.35. The number of methoxy groups -OCH3 is 1. The number of hydrogen-bond donors (Lipinski definition) is 1. The molecule has 0 radical (unpaired) electrons. The molecule has 0 amide bonds. The molecule has 1 fully saturated rings. The molecule has 0 spiro atoms. The molecule has 0 aliphatic carbocycles. The fourth-order valence-corrected chi connectivity index (χ4v) is 2.20. The highest BCUT2D eigenvalue weighted by Crippen LogP contribution is 2.30. The fourth-order valence-electron chi connectivity index (χ4n) is 2.20. The summed E-state index contributed by atoms with van der Waals surface area (Å²) in [5.41, 5.74) is 5.85. The van der Waals surface area contributed by atoms with Crippen molar-refractivity contribution in [2.45, 2.75) is 32.2 Å². The monoisotopic (exact) mass is 239 g/mol. The van der Waals surface area contributed by atoms with Gasteiger partial charge in [0.15, 0.2) is 11.4 Å². The fraction of sp³-hybridized carbons (Fsp3) is 0.636. The number of nitrogens with zero attached hydrogens (tertiary/aromatic N) is 2. The van der Waals surface area contributed by atoms with Gasteiger partial charge < -0.3 is 19.9 Å². The maximum absolute atomic E-state index is 11.6. The molecule has 1 atom stereocenters. The van der Waals surface area contributed by atoms with E-state index in [1.807, 2.05) is 0 Å². The lowest BCUT2D eigenvalue weighted by atomic mass is 10.0. The first-order valence-corrected chi connectivity index (χ1v) is 5.75. The number of carbonyl (C=O) groups is 1. The normalized spacial score (nSPS) is 20.4. The van der Waals surface area contributed by atoms with Crippen LogP contribution in [0.1, 0.15) is 36.5 Å². The first-order chi connectivity index (χ1) is 8.15. The minimum atomic E-state index is -0.503. The number of carbonyl (C=O) groups excluding carboxylic acids is 1. The number of anilines is 2. The van der Waals surface area contributed by atoms with Crippen molar-refractivity contribution in [1.29, 1.82) is 0 Å². The van der Waals surface area contributed by atoms with Crippen LogP contribution in [0.3, 0.4) is 0 Å². The largest absolute Gasteiger partial charge is 0.465 e. The Morgan fingerprint density at radius 2 is 2.35 bits per heavy atom. The van der Waals surface area contributed by atoms with Crippen LogP contribution in [0.25, 0.3) is 0 Å². The van der Waals surface area contributed by atoms with Crippen molar-refractivity contribution < 1.29 is 14.1 Å². The van der Waals surface area contributed by atoms with Crippen molar-refractivity contribution >= 4 is 17.7 Å². The van der Waals surface area contributed by atoms with Gasteiger partial charge >= 0.3 is 5.97 Å². The summed E-state index contributed by atoms with van der Waals surface area (Å²) in [6, 6.07) is 0.330. The number of aromatic nitrogens is 1. The molecule has 94 valence electrons. The molecule has 2 N–H and O–H groups in total. The van der Waals surface area contributed by atoms with Gasteiger partial charge in [-0.15, -0.1) is 0 Å². The molecule has 1 saturated heterocycles. The van der Waals surface area contributed by atoms with Crippen LogP contribution in [0.5, 0.6) is 0 Å². The molecular weight excluding hydrogens is 222 g/mol. The summed E-state index contributed by atoms with van der Waals surface area (Å²) in [4.78, 5) is 13.7. The zero-order chi connectivity index (χ0) is 12.4. The standard InChI is InChI=1S/C11H17N3O3/c1-7-5-3-4-6-14(7)10-8(11(15)16-2)9(12)17-13-10/h7H,3-6,12H2,1-2H3. The molecule has 0 bridgehead atoms. The lowest BCUT2D eigenvalue weighted by Crippen LogP contribution is -2.38. The van der Waals surface area contributed by atoms with Crippen LogP contribution in [-0.4, -0.2) is 30.8 Å². The van der Waals surface area contributed by atoms with E-state index in [9.17, 15) is 4.79 Å². The predicted molar refractivity (Wildman–Crippen MR) is 62.9 cm³/mol. The highest BCUT2D eigenvalue weighted by atomic mass is 16.5. The second-order valence-corrected chi connectivity index (χ2v) is 4.28. The van der Waals surface area contributed by atoms with E-state index in [1.165, 1.54) is 13.5 Å². The molecular formula is C11H17N3O3. The molecule has 2 rings (SSSR count). The van der Waals surface area contributed by atoms with Gasteiger partial charge in [0.25, 0.3) is 0 Å². The van der Waals surface area contributed by atoms with Crippen molar-refractivity contribution in [2.75, 3.05) is 24.3 Å². The van der Waals surface area contributed by atoms with Gasteiger partial charge in [0.2, 0.25) is 5.88 Å². The third-order valence-electron chi connectivity index (χ3n) is 3.17. The maximum atomic E-state index is 11.6. The van der Waals surface area contributed by atoms with Crippen molar-refractivity contribution in [2.24, 2.45) is 0 Å². The highest BCUT2D eigenvalue weighted by Gasteiger charge is 2.29. The van der Waals surface area contributed by atoms with Gasteiger partial charge in [0.05, 0.1) is 7.11 Å². The zero-order valence-electron chi connectivity index (χ0n) is 10.1. The van der Waals surface area contributed by atoms with Crippen LogP contribution in [0.4, 0.5) is 11.7 Å². The first kappa shape index (κ1) is 11.8. The Hall–Kier alpha value is -1.72. The molecule has 1 unspecified atom stereocenters. The Bertz CT molecular complexity index is 416. The zero-order valence-corrected chi connectivity index (χ0v) is 10.1. The van der Waals surface area contributed by atoms with Crippen LogP contribution in [-0.2, 0) is 4.74 Å². The van der Waals surface area contributed by atoms with Crippen LogP contribution in [0.15, 0.2) is 4.52 Å². The summed E-state index contributed by atoms with van der Waals surface area (Å²) >= 11 is 0. The molecule has 1 aromatic rings. The van der Waals surface area contributed by atoms with Gasteiger partial charge in [-0.25, -0.2) is 4.79 Å². The van der Waals surface area contributed by atoms with E-state index in [0.717, 1.165) is 19.4 Å². The second-order valence-electron chi connectivity index (χ2n) is 4.28. The van der Waals surface area contributed by atoms with Gasteiger partial charge in [-0.05, 0) is 26.2 Å². The van der Waals surface area contributed by atoms with E-state index in [1.54, 1.807) is 0 Å². The first-order valence-electron chi connectivity index (χ1n) is 5.75. The Labute approximate surface area is 99.7 Å². The van der Waals surface area contributed by atoms with Crippen molar-refractivity contribution in [3.63, 3.8) is 0 Å². The lowest BCUT2D eigenvalue weighted by Gasteiger charge is -2.33. The summed E-state index contributed by atoms with van der Waals surface area (Å²) in [7, 11) is 1.32. The van der Waals surface area contributed by atoms with E-state index < -0.39 is 5.97 Å². The third kappa shape index (κ3) is 2.07. The highest BCUT2D eigenvalue weighted by molar-refractivity contribution is 5.99. The van der Waals surface area contributed by atoms with Gasteiger partial charge in [0, 0.05) is 12.6 Å². The SMILES string of the molecule is COC(=O)c1c(N2CCCCC2C)noc1N. The number of rotatable bonds is 2. The van der Waals surface area contributed by atoms with Gasteiger partial charge in [0.1, 0.15) is 0 Å². The Balaban J connectivity index is 2.34. The molecule has 2 heterocycles. The molecule has 6 nitrogen and oxygen atoms in total. The number of piperidine rings is 1. The Kier molecular flexibility index (Phi) is 3.21. The summed E-state index contributed by atoms with van der Waals surface area (Å²) in [5, 5.41) is 3.88. The molecule has 17 heavy (non-hydrogen) atoms. The number of hydrogen-bond acceptors (Lipinski definition) is 6. The molecule has 0 saturated carbocycles. The summed E-state index contributed by atoms with van der Waals surface area (Å²) in [6.45, 7) is 2.96.